The summed E-state index contributed by atoms with van der Waals surface area (Å²) in [5.41, 5.74) is 2.43. The first-order valence-electron chi connectivity index (χ1n) is 6.09. The molecule has 0 aliphatic heterocycles. The number of nitrogens with zero attached hydrogens (tertiary/aromatic N) is 1. The first-order valence-corrected chi connectivity index (χ1v) is 6.47. The van der Waals surface area contributed by atoms with Crippen LogP contribution in [0, 0.1) is 13.8 Å². The number of hydrogen-bond acceptors (Lipinski definition) is 2. The molecule has 1 N–H and O–H groups in total. The predicted molar refractivity (Wildman–Crippen MR) is 77.9 cm³/mol. The van der Waals surface area contributed by atoms with Crippen LogP contribution >= 0.6 is 11.6 Å². The summed E-state index contributed by atoms with van der Waals surface area (Å²) in [7, 11) is 0. The van der Waals surface area contributed by atoms with Crippen molar-refractivity contribution in [2.45, 2.75) is 20.3 Å². The number of aryl methyl sites for hydroxylation is 1. The average Bonchev–Trinajstić information content (AvgIpc) is 2.36. The lowest BCUT2D eigenvalue weighted by molar-refractivity contribution is -0.136. The summed E-state index contributed by atoms with van der Waals surface area (Å²) in [6.07, 6.45) is 1.28. The van der Waals surface area contributed by atoms with E-state index in [1.807, 2.05) is 19.1 Å². The normalized spacial score (nSPS) is 10.6. The van der Waals surface area contributed by atoms with Gasteiger partial charge in [-0.3, -0.25) is 9.59 Å². The second-order valence-electron chi connectivity index (χ2n) is 4.63. The third kappa shape index (κ3) is 2.75. The van der Waals surface area contributed by atoms with Crippen LogP contribution in [0.25, 0.3) is 5.69 Å². The van der Waals surface area contributed by atoms with Crippen LogP contribution in [0.1, 0.15) is 16.8 Å². The quantitative estimate of drug-likeness (QED) is 0.946. The van der Waals surface area contributed by atoms with Gasteiger partial charge in [-0.25, -0.2) is 0 Å². The highest BCUT2D eigenvalue weighted by Gasteiger charge is 2.11. The van der Waals surface area contributed by atoms with Gasteiger partial charge in [0.2, 0.25) is 0 Å². The van der Waals surface area contributed by atoms with E-state index in [-0.39, 0.29) is 17.4 Å². The number of carbonyl (C=O) groups is 1. The van der Waals surface area contributed by atoms with Gasteiger partial charge in [0.25, 0.3) is 0 Å². The Morgan fingerprint density at radius 1 is 1.35 bits per heavy atom. The fourth-order valence-electron chi connectivity index (χ4n) is 2.09. The van der Waals surface area contributed by atoms with Crippen LogP contribution in [-0.4, -0.2) is 15.6 Å². The zero-order chi connectivity index (χ0) is 14.9. The highest BCUT2D eigenvalue weighted by molar-refractivity contribution is 6.31. The number of pyridine rings is 1. The number of carboxylic acid groups (broad SMARTS) is 1. The van der Waals surface area contributed by atoms with Gasteiger partial charge < -0.3 is 9.67 Å². The molecule has 0 spiro atoms. The van der Waals surface area contributed by atoms with E-state index in [9.17, 15) is 9.59 Å². The maximum absolute atomic E-state index is 11.8. The zero-order valence-electron chi connectivity index (χ0n) is 11.2. The van der Waals surface area contributed by atoms with E-state index >= 15 is 0 Å². The smallest absolute Gasteiger partial charge is 0.308 e. The van der Waals surface area contributed by atoms with E-state index < -0.39 is 5.97 Å². The van der Waals surface area contributed by atoms with Gasteiger partial charge >= 0.3 is 5.97 Å². The second-order valence-corrected chi connectivity index (χ2v) is 5.04. The van der Waals surface area contributed by atoms with Crippen LogP contribution < -0.4 is 5.43 Å². The molecule has 0 atom stereocenters. The molecule has 1 aromatic heterocycles. The van der Waals surface area contributed by atoms with Crippen molar-refractivity contribution in [1.82, 2.24) is 4.57 Å². The monoisotopic (exact) mass is 291 g/mol. The molecule has 5 heteroatoms. The van der Waals surface area contributed by atoms with Crippen LogP contribution in [0.2, 0.25) is 5.02 Å². The lowest BCUT2D eigenvalue weighted by Crippen LogP contribution is -2.17. The fraction of sp³-hybridized carbons (Fsp3) is 0.200. The summed E-state index contributed by atoms with van der Waals surface area (Å²) in [4.78, 5) is 22.6. The molecule has 0 aliphatic rings. The number of carboxylic acids is 1. The molecule has 0 saturated heterocycles. The summed E-state index contributed by atoms with van der Waals surface area (Å²) < 4.78 is 1.79. The number of aliphatic carboxylic acids is 1. The molecular formula is C15H14ClNO3. The summed E-state index contributed by atoms with van der Waals surface area (Å²) in [6.45, 7) is 3.68. The summed E-state index contributed by atoms with van der Waals surface area (Å²) in [6, 6.07) is 6.93. The fourth-order valence-corrected chi connectivity index (χ4v) is 2.26. The zero-order valence-corrected chi connectivity index (χ0v) is 11.9. The topological polar surface area (TPSA) is 59.3 Å². The third-order valence-corrected chi connectivity index (χ3v) is 3.57. The summed E-state index contributed by atoms with van der Waals surface area (Å²) in [5.74, 6) is -1.03. The van der Waals surface area contributed by atoms with Crippen LogP contribution in [0.3, 0.4) is 0 Å². The Labute approximate surface area is 121 Å². The van der Waals surface area contributed by atoms with Crippen LogP contribution in [0.5, 0.6) is 0 Å². The van der Waals surface area contributed by atoms with Crippen molar-refractivity contribution >= 4 is 17.6 Å². The van der Waals surface area contributed by atoms with E-state index in [2.05, 4.69) is 0 Å². The van der Waals surface area contributed by atoms with Gasteiger partial charge in [0.15, 0.2) is 5.43 Å². The largest absolute Gasteiger partial charge is 0.481 e. The Balaban J connectivity index is 2.65. The maximum Gasteiger partial charge on any atom is 0.308 e. The van der Waals surface area contributed by atoms with Crippen molar-refractivity contribution in [3.05, 3.63) is 62.5 Å². The van der Waals surface area contributed by atoms with E-state index in [1.165, 1.54) is 6.07 Å². The molecule has 0 saturated carbocycles. The standard InChI is InChI=1S/C15H14ClNO3/c1-9-6-14(18)11(7-15(19)20)8-17(9)13-5-3-4-12(16)10(13)2/h3-6,8H,7H2,1-2H3,(H,19,20). The van der Waals surface area contributed by atoms with Crippen LogP contribution in [0.4, 0.5) is 0 Å². The molecule has 20 heavy (non-hydrogen) atoms. The highest BCUT2D eigenvalue weighted by Crippen LogP contribution is 2.23. The highest BCUT2D eigenvalue weighted by atomic mass is 35.5. The molecule has 0 bridgehead atoms. The summed E-state index contributed by atoms with van der Waals surface area (Å²) >= 11 is 6.10. The molecule has 0 aliphatic carbocycles. The molecule has 2 rings (SSSR count). The second kappa shape index (κ2) is 5.51. The van der Waals surface area contributed by atoms with Crippen molar-refractivity contribution < 1.29 is 9.90 Å². The van der Waals surface area contributed by atoms with Crippen molar-refractivity contribution in [1.29, 1.82) is 0 Å². The Morgan fingerprint density at radius 2 is 2.05 bits per heavy atom. The van der Waals surface area contributed by atoms with E-state index in [4.69, 9.17) is 16.7 Å². The molecular weight excluding hydrogens is 278 g/mol. The van der Waals surface area contributed by atoms with Gasteiger partial charge in [0.1, 0.15) is 0 Å². The molecule has 0 radical (unpaired) electrons. The Kier molecular flexibility index (Phi) is 3.95. The number of hydrogen-bond donors (Lipinski definition) is 1. The minimum absolute atomic E-state index is 0.252. The van der Waals surface area contributed by atoms with Gasteiger partial charge in [0.05, 0.1) is 6.42 Å². The van der Waals surface area contributed by atoms with Gasteiger partial charge in [-0.05, 0) is 31.5 Å². The Morgan fingerprint density at radius 3 is 2.70 bits per heavy atom. The number of aromatic nitrogens is 1. The van der Waals surface area contributed by atoms with Crippen LogP contribution in [-0.2, 0) is 11.2 Å². The maximum atomic E-state index is 11.8. The Hall–Kier alpha value is -2.07. The van der Waals surface area contributed by atoms with Gasteiger partial charge in [-0.15, -0.1) is 0 Å². The molecule has 4 nitrogen and oxygen atoms in total. The molecule has 1 heterocycles. The molecule has 0 fully saturated rings. The minimum atomic E-state index is -1.03. The molecule has 0 unspecified atom stereocenters. The number of benzene rings is 1. The van der Waals surface area contributed by atoms with Crippen molar-refractivity contribution in [2.75, 3.05) is 0 Å². The van der Waals surface area contributed by atoms with E-state index in [0.717, 1.165) is 16.9 Å². The third-order valence-electron chi connectivity index (χ3n) is 3.16. The van der Waals surface area contributed by atoms with Crippen molar-refractivity contribution in [2.24, 2.45) is 0 Å². The number of rotatable bonds is 3. The molecule has 1 aromatic carbocycles. The van der Waals surface area contributed by atoms with Gasteiger partial charge in [-0.2, -0.15) is 0 Å². The molecule has 104 valence electrons. The van der Waals surface area contributed by atoms with Crippen molar-refractivity contribution in [3.8, 4) is 5.69 Å². The SMILES string of the molecule is Cc1c(Cl)cccc1-n1cc(CC(=O)O)c(=O)cc1C. The van der Waals surface area contributed by atoms with E-state index in [1.54, 1.807) is 23.8 Å². The average molecular weight is 292 g/mol. The molecule has 2 aromatic rings. The number of halogens is 1. The first kappa shape index (κ1) is 14.3. The first-order chi connectivity index (χ1) is 9.40. The molecule has 0 amide bonds. The Bertz CT molecular complexity index is 734. The minimum Gasteiger partial charge on any atom is -0.481 e. The van der Waals surface area contributed by atoms with Gasteiger partial charge in [-0.1, -0.05) is 17.7 Å². The summed E-state index contributed by atoms with van der Waals surface area (Å²) in [5, 5.41) is 9.48. The predicted octanol–water partition coefficient (Wildman–Crippen LogP) is 2.73. The van der Waals surface area contributed by atoms with E-state index in [0.29, 0.717) is 5.02 Å². The van der Waals surface area contributed by atoms with Crippen LogP contribution in [0.15, 0.2) is 35.3 Å². The lowest BCUT2D eigenvalue weighted by atomic mass is 10.1. The lowest BCUT2D eigenvalue weighted by Gasteiger charge is -2.15. The van der Waals surface area contributed by atoms with Gasteiger partial charge in [0, 0.05) is 34.2 Å². The van der Waals surface area contributed by atoms with Crippen molar-refractivity contribution in [3.63, 3.8) is 0 Å².